The van der Waals surface area contributed by atoms with E-state index in [9.17, 15) is 13.6 Å². The number of rotatable bonds is 2. The van der Waals surface area contributed by atoms with Crippen LogP contribution < -0.4 is 0 Å². The topological polar surface area (TPSA) is 26.3 Å². The molecule has 1 aliphatic heterocycles. The molecule has 1 unspecified atom stereocenters. The molecule has 0 N–H and O–H groups in total. The van der Waals surface area contributed by atoms with Gasteiger partial charge in [0.1, 0.15) is 17.7 Å². The molecule has 2 aromatic carbocycles. The van der Waals surface area contributed by atoms with E-state index in [1.54, 1.807) is 6.07 Å². The highest BCUT2D eigenvalue weighted by Crippen LogP contribution is 2.30. The molecule has 0 aromatic heterocycles. The van der Waals surface area contributed by atoms with E-state index in [0.717, 1.165) is 29.7 Å². The van der Waals surface area contributed by atoms with Crippen molar-refractivity contribution < 1.29 is 18.3 Å². The molecular formula is C16H12F2O2. The van der Waals surface area contributed by atoms with Crippen molar-refractivity contribution in [3.05, 3.63) is 70.8 Å². The SMILES string of the molecule is O=C(c1ccc(F)cc1F)C1OCCc2ccccc21. The first kappa shape index (κ1) is 12.9. The number of ether oxygens (including phenoxy) is 1. The summed E-state index contributed by atoms with van der Waals surface area (Å²) in [5.74, 6) is -2.04. The van der Waals surface area contributed by atoms with Crippen LogP contribution in [0.4, 0.5) is 8.78 Å². The van der Waals surface area contributed by atoms with E-state index in [4.69, 9.17) is 4.74 Å². The molecule has 1 heterocycles. The van der Waals surface area contributed by atoms with Crippen molar-refractivity contribution >= 4 is 5.78 Å². The zero-order chi connectivity index (χ0) is 14.1. The van der Waals surface area contributed by atoms with Gasteiger partial charge >= 0.3 is 0 Å². The van der Waals surface area contributed by atoms with Crippen molar-refractivity contribution in [3.63, 3.8) is 0 Å². The maximum atomic E-state index is 13.7. The van der Waals surface area contributed by atoms with Gasteiger partial charge in [-0.3, -0.25) is 4.79 Å². The van der Waals surface area contributed by atoms with E-state index >= 15 is 0 Å². The Kier molecular flexibility index (Phi) is 3.32. The Morgan fingerprint density at radius 2 is 1.95 bits per heavy atom. The van der Waals surface area contributed by atoms with Crippen LogP contribution in [0.3, 0.4) is 0 Å². The number of hydrogen-bond donors (Lipinski definition) is 0. The highest BCUT2D eigenvalue weighted by atomic mass is 19.1. The van der Waals surface area contributed by atoms with Crippen LogP contribution in [-0.2, 0) is 11.2 Å². The molecule has 1 atom stereocenters. The smallest absolute Gasteiger partial charge is 0.199 e. The third kappa shape index (κ3) is 2.23. The minimum atomic E-state index is -0.860. The first-order valence-electron chi connectivity index (χ1n) is 6.35. The van der Waals surface area contributed by atoms with Gasteiger partial charge in [-0.2, -0.15) is 0 Å². The Labute approximate surface area is 115 Å². The summed E-state index contributed by atoms with van der Waals surface area (Å²) in [6, 6.07) is 10.4. The van der Waals surface area contributed by atoms with Crippen LogP contribution in [0.5, 0.6) is 0 Å². The maximum Gasteiger partial charge on any atom is 0.199 e. The second-order valence-corrected chi connectivity index (χ2v) is 4.69. The zero-order valence-electron chi connectivity index (χ0n) is 10.6. The van der Waals surface area contributed by atoms with Crippen LogP contribution >= 0.6 is 0 Å². The Balaban J connectivity index is 2.00. The molecule has 0 aliphatic carbocycles. The lowest BCUT2D eigenvalue weighted by Gasteiger charge is -2.25. The molecule has 0 saturated carbocycles. The first-order chi connectivity index (χ1) is 9.66. The molecule has 3 rings (SSSR count). The van der Waals surface area contributed by atoms with E-state index in [0.29, 0.717) is 12.7 Å². The van der Waals surface area contributed by atoms with Crippen molar-refractivity contribution in [3.8, 4) is 0 Å². The van der Waals surface area contributed by atoms with Crippen molar-refractivity contribution in [1.29, 1.82) is 0 Å². The molecule has 0 spiro atoms. The average molecular weight is 274 g/mol. The largest absolute Gasteiger partial charge is 0.365 e. The molecule has 2 nitrogen and oxygen atoms in total. The van der Waals surface area contributed by atoms with Crippen LogP contribution in [0.1, 0.15) is 27.6 Å². The quantitative estimate of drug-likeness (QED) is 0.784. The summed E-state index contributed by atoms with van der Waals surface area (Å²) >= 11 is 0. The highest BCUT2D eigenvalue weighted by Gasteiger charge is 2.29. The van der Waals surface area contributed by atoms with Gasteiger partial charge in [0.15, 0.2) is 5.78 Å². The van der Waals surface area contributed by atoms with E-state index in [1.807, 2.05) is 18.2 Å². The highest BCUT2D eigenvalue weighted by molar-refractivity contribution is 6.00. The molecule has 1 aliphatic rings. The van der Waals surface area contributed by atoms with Gasteiger partial charge in [0.2, 0.25) is 0 Å². The molecule has 20 heavy (non-hydrogen) atoms. The fourth-order valence-corrected chi connectivity index (χ4v) is 2.44. The Bertz CT molecular complexity index is 667. The van der Waals surface area contributed by atoms with Crippen molar-refractivity contribution in [2.75, 3.05) is 6.61 Å². The molecule has 0 radical (unpaired) electrons. The second-order valence-electron chi connectivity index (χ2n) is 4.69. The third-order valence-electron chi connectivity index (χ3n) is 3.43. The fraction of sp³-hybridized carbons (Fsp3) is 0.188. The number of carbonyl (C=O) groups excluding carboxylic acids is 1. The van der Waals surface area contributed by atoms with Gasteiger partial charge in [0.25, 0.3) is 0 Å². The van der Waals surface area contributed by atoms with Crippen molar-refractivity contribution in [1.82, 2.24) is 0 Å². The maximum absolute atomic E-state index is 13.7. The molecular weight excluding hydrogens is 262 g/mol. The molecule has 0 amide bonds. The normalized spacial score (nSPS) is 17.6. The zero-order valence-corrected chi connectivity index (χ0v) is 10.6. The Morgan fingerprint density at radius 1 is 1.15 bits per heavy atom. The minimum absolute atomic E-state index is 0.145. The Hall–Kier alpha value is -2.07. The number of halogens is 2. The van der Waals surface area contributed by atoms with E-state index in [-0.39, 0.29) is 5.56 Å². The summed E-state index contributed by atoms with van der Waals surface area (Å²) < 4.78 is 32.1. The van der Waals surface area contributed by atoms with E-state index in [2.05, 4.69) is 0 Å². The van der Waals surface area contributed by atoms with E-state index in [1.165, 1.54) is 0 Å². The predicted octanol–water partition coefficient (Wildman–Crippen LogP) is 3.46. The number of Topliss-reactive ketones (excluding diaryl/α,β-unsaturated/α-hetero) is 1. The van der Waals surface area contributed by atoms with Crippen LogP contribution in [0, 0.1) is 11.6 Å². The van der Waals surface area contributed by atoms with Crippen LogP contribution in [0.25, 0.3) is 0 Å². The van der Waals surface area contributed by atoms with Crippen molar-refractivity contribution in [2.45, 2.75) is 12.5 Å². The van der Waals surface area contributed by atoms with E-state index < -0.39 is 23.5 Å². The number of fused-ring (bicyclic) bond motifs is 1. The summed E-state index contributed by atoms with van der Waals surface area (Å²) in [4.78, 5) is 12.4. The monoisotopic (exact) mass is 274 g/mol. The summed E-state index contributed by atoms with van der Waals surface area (Å²) in [5, 5.41) is 0. The Morgan fingerprint density at radius 3 is 2.75 bits per heavy atom. The van der Waals surface area contributed by atoms with Gasteiger partial charge in [-0.15, -0.1) is 0 Å². The minimum Gasteiger partial charge on any atom is -0.365 e. The molecule has 0 fully saturated rings. The fourth-order valence-electron chi connectivity index (χ4n) is 2.44. The molecule has 0 saturated heterocycles. The first-order valence-corrected chi connectivity index (χ1v) is 6.35. The lowest BCUT2D eigenvalue weighted by molar-refractivity contribution is 0.0345. The lowest BCUT2D eigenvalue weighted by Crippen LogP contribution is -2.24. The van der Waals surface area contributed by atoms with Crippen LogP contribution in [0.15, 0.2) is 42.5 Å². The predicted molar refractivity (Wildman–Crippen MR) is 69.5 cm³/mol. The lowest BCUT2D eigenvalue weighted by atomic mass is 9.92. The molecule has 4 heteroatoms. The summed E-state index contributed by atoms with van der Waals surface area (Å²) in [5.41, 5.74) is 1.64. The van der Waals surface area contributed by atoms with Gasteiger partial charge in [-0.05, 0) is 29.7 Å². The van der Waals surface area contributed by atoms with Gasteiger partial charge in [-0.1, -0.05) is 24.3 Å². The van der Waals surface area contributed by atoms with Gasteiger partial charge in [0.05, 0.1) is 12.2 Å². The molecule has 0 bridgehead atoms. The number of carbonyl (C=O) groups is 1. The summed E-state index contributed by atoms with van der Waals surface area (Å²) in [7, 11) is 0. The van der Waals surface area contributed by atoms with Crippen LogP contribution in [0.2, 0.25) is 0 Å². The van der Waals surface area contributed by atoms with Gasteiger partial charge in [-0.25, -0.2) is 8.78 Å². The summed E-state index contributed by atoms with van der Waals surface area (Å²) in [6.07, 6.45) is -0.0915. The average Bonchev–Trinajstić information content (AvgIpc) is 2.46. The second kappa shape index (κ2) is 5.13. The number of ketones is 1. The third-order valence-corrected chi connectivity index (χ3v) is 3.43. The van der Waals surface area contributed by atoms with Gasteiger partial charge in [0, 0.05) is 6.07 Å². The summed E-state index contributed by atoms with van der Waals surface area (Å²) in [6.45, 7) is 0.413. The molecule has 102 valence electrons. The van der Waals surface area contributed by atoms with Crippen molar-refractivity contribution in [2.24, 2.45) is 0 Å². The number of benzene rings is 2. The van der Waals surface area contributed by atoms with Crippen LogP contribution in [-0.4, -0.2) is 12.4 Å². The van der Waals surface area contributed by atoms with Gasteiger partial charge < -0.3 is 4.74 Å². The number of hydrogen-bond acceptors (Lipinski definition) is 2. The molecule has 2 aromatic rings. The standard InChI is InChI=1S/C16H12F2O2/c17-11-5-6-13(14(18)9-11)15(19)16-12-4-2-1-3-10(12)7-8-20-16/h1-6,9,16H,7-8H2.